The summed E-state index contributed by atoms with van der Waals surface area (Å²) in [4.78, 5) is 0. The fraction of sp³-hybridized carbons (Fsp3) is 0.333. The Labute approximate surface area is 74.7 Å². The highest BCUT2D eigenvalue weighted by atomic mass is 35.5. The van der Waals surface area contributed by atoms with Crippen LogP contribution >= 0.6 is 23.2 Å². The van der Waals surface area contributed by atoms with Gasteiger partial charge in [0.15, 0.2) is 5.15 Å². The smallest absolute Gasteiger partial charge is 0.151 e. The van der Waals surface area contributed by atoms with Gasteiger partial charge in [0.1, 0.15) is 5.82 Å². The quantitative estimate of drug-likeness (QED) is 0.741. The predicted octanol–water partition coefficient (Wildman–Crippen LogP) is 1.78. The molecule has 0 fully saturated rings. The minimum atomic E-state index is 0.390. The van der Waals surface area contributed by atoms with E-state index in [-0.39, 0.29) is 0 Å². The molecule has 0 aliphatic rings. The Morgan fingerprint density at radius 2 is 2.18 bits per heavy atom. The van der Waals surface area contributed by atoms with Gasteiger partial charge in [0.2, 0.25) is 0 Å². The molecule has 1 aromatic heterocycles. The normalized spacial score (nSPS) is 9.64. The van der Waals surface area contributed by atoms with Gasteiger partial charge in [-0.2, -0.15) is 0 Å². The van der Waals surface area contributed by atoms with Gasteiger partial charge < -0.3 is 5.32 Å². The van der Waals surface area contributed by atoms with Crippen LogP contribution in [0.3, 0.4) is 0 Å². The van der Waals surface area contributed by atoms with Gasteiger partial charge >= 0.3 is 0 Å². The lowest BCUT2D eigenvalue weighted by Gasteiger charge is -1.99. The highest BCUT2D eigenvalue weighted by Crippen LogP contribution is 2.05. The van der Waals surface area contributed by atoms with Gasteiger partial charge in [-0.15, -0.1) is 21.8 Å². The van der Waals surface area contributed by atoms with Gasteiger partial charge in [0.25, 0.3) is 0 Å². The molecule has 0 aliphatic carbocycles. The van der Waals surface area contributed by atoms with E-state index >= 15 is 0 Å². The van der Waals surface area contributed by atoms with Crippen LogP contribution in [0.25, 0.3) is 0 Å². The van der Waals surface area contributed by atoms with Gasteiger partial charge in [0, 0.05) is 12.4 Å². The van der Waals surface area contributed by atoms with E-state index in [0.717, 1.165) is 0 Å². The molecular weight excluding hydrogens is 185 g/mol. The molecule has 0 saturated heterocycles. The number of alkyl halides is 1. The number of rotatable bonds is 3. The Morgan fingerprint density at radius 3 is 2.73 bits per heavy atom. The molecule has 0 atom stereocenters. The number of hydrogen-bond donors (Lipinski definition) is 1. The highest BCUT2D eigenvalue weighted by molar-refractivity contribution is 6.29. The number of aromatic nitrogens is 2. The van der Waals surface area contributed by atoms with Crippen LogP contribution in [0.2, 0.25) is 5.15 Å². The van der Waals surface area contributed by atoms with E-state index in [1.165, 1.54) is 0 Å². The van der Waals surface area contributed by atoms with Crippen LogP contribution in [0, 0.1) is 0 Å². The van der Waals surface area contributed by atoms with Crippen LogP contribution in [0.1, 0.15) is 0 Å². The van der Waals surface area contributed by atoms with Crippen LogP contribution in [-0.4, -0.2) is 22.6 Å². The summed E-state index contributed by atoms with van der Waals surface area (Å²) in [7, 11) is 0. The molecule has 0 aliphatic heterocycles. The molecule has 0 amide bonds. The van der Waals surface area contributed by atoms with E-state index in [1.54, 1.807) is 12.1 Å². The van der Waals surface area contributed by atoms with Crippen molar-refractivity contribution in [3.05, 3.63) is 17.3 Å². The summed E-state index contributed by atoms with van der Waals surface area (Å²) in [5, 5.41) is 10.8. The summed E-state index contributed by atoms with van der Waals surface area (Å²) in [6.45, 7) is 0.678. The van der Waals surface area contributed by atoms with Crippen molar-refractivity contribution in [3.8, 4) is 0 Å². The van der Waals surface area contributed by atoms with E-state index in [4.69, 9.17) is 23.2 Å². The SMILES string of the molecule is ClCCNc1ccc(Cl)nn1. The monoisotopic (exact) mass is 191 g/mol. The highest BCUT2D eigenvalue weighted by Gasteiger charge is 1.92. The maximum atomic E-state index is 5.52. The van der Waals surface area contributed by atoms with Crippen LogP contribution in [0.5, 0.6) is 0 Å². The zero-order valence-electron chi connectivity index (χ0n) is 5.72. The Kier molecular flexibility index (Phi) is 3.39. The lowest BCUT2D eigenvalue weighted by molar-refractivity contribution is 1.01. The first-order chi connectivity index (χ1) is 5.33. The second-order valence-electron chi connectivity index (χ2n) is 1.86. The Balaban J connectivity index is 2.52. The first kappa shape index (κ1) is 8.56. The van der Waals surface area contributed by atoms with Crippen molar-refractivity contribution in [3.63, 3.8) is 0 Å². The third-order valence-corrected chi connectivity index (χ3v) is 1.42. The average molecular weight is 192 g/mol. The fourth-order valence-corrected chi connectivity index (χ4v) is 0.781. The molecule has 1 aromatic rings. The fourth-order valence-electron chi connectivity index (χ4n) is 0.586. The third kappa shape index (κ3) is 2.91. The molecule has 1 N–H and O–H groups in total. The van der Waals surface area contributed by atoms with Gasteiger partial charge in [-0.05, 0) is 12.1 Å². The summed E-state index contributed by atoms with van der Waals surface area (Å²) in [5.74, 6) is 1.24. The number of nitrogens with one attached hydrogen (secondary N) is 1. The minimum Gasteiger partial charge on any atom is -0.367 e. The molecule has 60 valence electrons. The summed E-state index contributed by atoms with van der Waals surface area (Å²) in [6, 6.07) is 3.42. The molecule has 0 aromatic carbocycles. The number of hydrogen-bond acceptors (Lipinski definition) is 3. The van der Waals surface area contributed by atoms with Gasteiger partial charge in [-0.25, -0.2) is 0 Å². The Hall–Kier alpha value is -0.540. The van der Waals surface area contributed by atoms with E-state index in [9.17, 15) is 0 Å². The lowest BCUT2D eigenvalue weighted by Crippen LogP contribution is -2.04. The second kappa shape index (κ2) is 4.36. The minimum absolute atomic E-state index is 0.390. The van der Waals surface area contributed by atoms with Crippen LogP contribution in [0.15, 0.2) is 12.1 Å². The van der Waals surface area contributed by atoms with Gasteiger partial charge in [0.05, 0.1) is 0 Å². The number of anilines is 1. The van der Waals surface area contributed by atoms with E-state index in [0.29, 0.717) is 23.4 Å². The third-order valence-electron chi connectivity index (χ3n) is 1.03. The maximum Gasteiger partial charge on any atom is 0.151 e. The molecular formula is C6H7Cl2N3. The zero-order chi connectivity index (χ0) is 8.10. The number of nitrogens with zero attached hydrogens (tertiary/aromatic N) is 2. The zero-order valence-corrected chi connectivity index (χ0v) is 7.23. The summed E-state index contributed by atoms with van der Waals surface area (Å²) in [5.41, 5.74) is 0. The molecule has 1 heterocycles. The first-order valence-corrected chi connectivity index (χ1v) is 4.03. The molecule has 0 saturated carbocycles. The molecule has 5 heteroatoms. The summed E-state index contributed by atoms with van der Waals surface area (Å²) in [6.07, 6.45) is 0. The van der Waals surface area contributed by atoms with Crippen molar-refractivity contribution in [2.45, 2.75) is 0 Å². The standard InChI is InChI=1S/C6H7Cl2N3/c7-3-4-9-6-2-1-5(8)10-11-6/h1-2H,3-4H2,(H,9,11). The van der Waals surface area contributed by atoms with Crippen LogP contribution in [0.4, 0.5) is 5.82 Å². The van der Waals surface area contributed by atoms with E-state index in [2.05, 4.69) is 15.5 Å². The summed E-state index contributed by atoms with van der Waals surface area (Å²) < 4.78 is 0. The first-order valence-electron chi connectivity index (χ1n) is 3.12. The molecule has 3 nitrogen and oxygen atoms in total. The Bertz CT molecular complexity index is 212. The van der Waals surface area contributed by atoms with Crippen molar-refractivity contribution in [1.82, 2.24) is 10.2 Å². The topological polar surface area (TPSA) is 37.8 Å². The molecule has 0 bridgehead atoms. The molecule has 0 unspecified atom stereocenters. The number of halogens is 2. The van der Waals surface area contributed by atoms with Gasteiger partial charge in [-0.3, -0.25) is 0 Å². The lowest BCUT2D eigenvalue weighted by atomic mass is 10.5. The van der Waals surface area contributed by atoms with E-state index in [1.807, 2.05) is 0 Å². The maximum absolute atomic E-state index is 5.52. The summed E-state index contributed by atoms with van der Waals surface area (Å²) >= 11 is 11.0. The molecule has 0 spiro atoms. The van der Waals surface area contributed by atoms with Crippen LogP contribution in [-0.2, 0) is 0 Å². The van der Waals surface area contributed by atoms with Crippen molar-refractivity contribution in [1.29, 1.82) is 0 Å². The second-order valence-corrected chi connectivity index (χ2v) is 2.62. The average Bonchev–Trinajstić information content (AvgIpc) is 2.04. The molecule has 1 rings (SSSR count). The Morgan fingerprint density at radius 1 is 1.36 bits per heavy atom. The van der Waals surface area contributed by atoms with Crippen molar-refractivity contribution < 1.29 is 0 Å². The van der Waals surface area contributed by atoms with Crippen molar-refractivity contribution in [2.75, 3.05) is 17.7 Å². The molecule has 11 heavy (non-hydrogen) atoms. The largest absolute Gasteiger partial charge is 0.367 e. The van der Waals surface area contributed by atoms with E-state index < -0.39 is 0 Å². The van der Waals surface area contributed by atoms with Crippen LogP contribution < -0.4 is 5.32 Å². The van der Waals surface area contributed by atoms with Crippen molar-refractivity contribution >= 4 is 29.0 Å². The van der Waals surface area contributed by atoms with Crippen molar-refractivity contribution in [2.24, 2.45) is 0 Å². The molecule has 0 radical (unpaired) electrons. The van der Waals surface area contributed by atoms with Gasteiger partial charge in [-0.1, -0.05) is 11.6 Å². The predicted molar refractivity (Wildman–Crippen MR) is 46.3 cm³/mol.